The molecule has 202 valence electrons. The van der Waals surface area contributed by atoms with Gasteiger partial charge >= 0.3 is 6.01 Å². The molecule has 8 nitrogen and oxygen atoms in total. The summed E-state index contributed by atoms with van der Waals surface area (Å²) in [7, 11) is 1.65. The average molecular weight is 561 g/mol. The molecular weight excluding hydrogens is 536 g/mol. The molecule has 0 fully saturated rings. The van der Waals surface area contributed by atoms with Crippen molar-refractivity contribution in [3.63, 3.8) is 0 Å². The SMILES string of the molecule is COc1cc2nc(OCC(C)Cl)ncc2cc1-c1cc2cc3nc(cc4ccc(cc5nc(cc1[nH]2)C=C5)[nH]4)C=C3. The van der Waals surface area contributed by atoms with Crippen LogP contribution in [0, 0.1) is 0 Å². The first kappa shape index (κ1) is 25.0. The van der Waals surface area contributed by atoms with Crippen LogP contribution in [0.5, 0.6) is 11.8 Å². The number of hydrogen-bond acceptors (Lipinski definition) is 6. The van der Waals surface area contributed by atoms with E-state index in [4.69, 9.17) is 31.0 Å². The topological polar surface area (TPSA) is 102 Å². The zero-order chi connectivity index (χ0) is 27.9. The maximum atomic E-state index is 6.02. The highest BCUT2D eigenvalue weighted by molar-refractivity contribution is 6.20. The number of methoxy groups -OCH3 is 1. The van der Waals surface area contributed by atoms with Gasteiger partial charge in [-0.05, 0) is 79.8 Å². The highest BCUT2D eigenvalue weighted by Gasteiger charge is 2.15. The van der Waals surface area contributed by atoms with Crippen LogP contribution >= 0.6 is 11.6 Å². The summed E-state index contributed by atoms with van der Waals surface area (Å²) in [5.41, 5.74) is 9.75. The van der Waals surface area contributed by atoms with Gasteiger partial charge < -0.3 is 19.4 Å². The number of H-pyrrole nitrogens is 2. The Kier molecular flexibility index (Phi) is 6.24. The number of ether oxygens (including phenoxy) is 2. The monoisotopic (exact) mass is 560 g/mol. The third-order valence-corrected chi connectivity index (χ3v) is 6.91. The molecular formula is C32H25ClN6O2. The van der Waals surface area contributed by atoms with E-state index < -0.39 is 0 Å². The predicted molar refractivity (Wildman–Crippen MR) is 165 cm³/mol. The van der Waals surface area contributed by atoms with Crippen LogP contribution in [0.25, 0.3) is 68.4 Å². The van der Waals surface area contributed by atoms with Crippen LogP contribution in [-0.2, 0) is 0 Å². The molecule has 0 saturated heterocycles. The van der Waals surface area contributed by atoms with Gasteiger partial charge in [0.15, 0.2) is 0 Å². The molecule has 0 amide bonds. The van der Waals surface area contributed by atoms with Gasteiger partial charge in [0.25, 0.3) is 0 Å². The molecule has 2 aliphatic rings. The number of aromatic amines is 2. The van der Waals surface area contributed by atoms with E-state index in [-0.39, 0.29) is 11.4 Å². The summed E-state index contributed by atoms with van der Waals surface area (Å²) in [5, 5.41) is 0.711. The average Bonchev–Trinajstić information content (AvgIpc) is 3.76. The van der Waals surface area contributed by atoms with E-state index in [0.29, 0.717) is 17.9 Å². The molecule has 0 radical (unpaired) electrons. The highest BCUT2D eigenvalue weighted by atomic mass is 35.5. The van der Waals surface area contributed by atoms with Crippen molar-refractivity contribution in [2.75, 3.05) is 13.7 Å². The Morgan fingerprint density at radius 1 is 0.756 bits per heavy atom. The first-order valence-corrected chi connectivity index (χ1v) is 13.6. The van der Waals surface area contributed by atoms with Crippen molar-refractivity contribution in [1.29, 1.82) is 0 Å². The summed E-state index contributed by atoms with van der Waals surface area (Å²) >= 11 is 6.02. The van der Waals surface area contributed by atoms with E-state index in [1.807, 2.05) is 79.8 Å². The molecule has 0 saturated carbocycles. The molecule has 7 rings (SSSR count). The molecule has 9 heteroatoms. The Bertz CT molecular complexity index is 2040. The molecule has 41 heavy (non-hydrogen) atoms. The maximum absolute atomic E-state index is 6.02. The minimum atomic E-state index is -0.145. The first-order chi connectivity index (χ1) is 20.0. The standard InChI is InChI=1S/C32H25ClN6O2/c1-18(33)17-41-32-34-16-19-9-28(31(40-2)15-29(19)39-32)27-13-26-12-24-6-5-22(36-24)10-20-3-4-21(35-20)11-23-7-8-25(37-23)14-30(27)38-26/h3-16,18,35,38H,17H2,1-2H3. The van der Waals surface area contributed by atoms with E-state index in [2.05, 4.69) is 26.0 Å². The second-order valence-electron chi connectivity index (χ2n) is 9.94. The lowest BCUT2D eigenvalue weighted by Gasteiger charge is -2.11. The Balaban J connectivity index is 1.44. The van der Waals surface area contributed by atoms with E-state index in [9.17, 15) is 0 Å². The van der Waals surface area contributed by atoms with Crippen LogP contribution in [0.4, 0.5) is 0 Å². The number of fused-ring (bicyclic) bond motifs is 9. The van der Waals surface area contributed by atoms with Crippen LogP contribution in [0.2, 0.25) is 0 Å². The van der Waals surface area contributed by atoms with Crippen molar-refractivity contribution in [3.05, 3.63) is 83.6 Å². The fourth-order valence-corrected chi connectivity index (χ4v) is 4.98. The number of aromatic nitrogens is 6. The lowest BCUT2D eigenvalue weighted by atomic mass is 10.0. The number of benzene rings is 1. The lowest BCUT2D eigenvalue weighted by Crippen LogP contribution is -2.09. The molecule has 2 aliphatic heterocycles. The number of alkyl halides is 1. The van der Waals surface area contributed by atoms with Gasteiger partial charge in [0.05, 0.1) is 40.8 Å². The third-order valence-electron chi connectivity index (χ3n) is 6.78. The summed E-state index contributed by atoms with van der Waals surface area (Å²) < 4.78 is 11.5. The highest BCUT2D eigenvalue weighted by Crippen LogP contribution is 2.37. The number of nitrogens with zero attached hydrogens (tertiary/aromatic N) is 4. The van der Waals surface area contributed by atoms with Crippen LogP contribution in [0.1, 0.15) is 29.7 Å². The van der Waals surface area contributed by atoms with Crippen molar-refractivity contribution in [2.24, 2.45) is 0 Å². The zero-order valence-electron chi connectivity index (χ0n) is 22.4. The predicted octanol–water partition coefficient (Wildman–Crippen LogP) is 7.28. The van der Waals surface area contributed by atoms with E-state index in [1.54, 1.807) is 13.3 Å². The fourth-order valence-electron chi connectivity index (χ4n) is 4.92. The number of halogens is 1. The molecule has 1 aromatic carbocycles. The van der Waals surface area contributed by atoms with E-state index in [1.165, 1.54) is 0 Å². The van der Waals surface area contributed by atoms with Crippen LogP contribution in [0.3, 0.4) is 0 Å². The van der Waals surface area contributed by atoms with Crippen molar-refractivity contribution in [2.45, 2.75) is 12.3 Å². The van der Waals surface area contributed by atoms with E-state index in [0.717, 1.165) is 61.4 Å². The zero-order valence-corrected chi connectivity index (χ0v) is 23.1. The molecule has 2 N–H and O–H groups in total. The molecule has 0 spiro atoms. The quantitative estimate of drug-likeness (QED) is 0.214. The van der Waals surface area contributed by atoms with E-state index >= 15 is 0 Å². The molecule has 1 atom stereocenters. The minimum Gasteiger partial charge on any atom is -0.496 e. The van der Waals surface area contributed by atoms with Crippen LogP contribution in [0.15, 0.2) is 60.8 Å². The summed E-state index contributed by atoms with van der Waals surface area (Å²) in [5.74, 6) is 0.675. The molecule has 0 aliphatic carbocycles. The minimum absolute atomic E-state index is 0.145. The second kappa shape index (κ2) is 10.2. The maximum Gasteiger partial charge on any atom is 0.316 e. The van der Waals surface area contributed by atoms with Gasteiger partial charge in [-0.3, -0.25) is 0 Å². The van der Waals surface area contributed by atoms with Gasteiger partial charge in [0.2, 0.25) is 0 Å². The van der Waals surface area contributed by atoms with Gasteiger partial charge in [-0.2, -0.15) is 4.98 Å². The normalized spacial score (nSPS) is 13.0. The lowest BCUT2D eigenvalue weighted by molar-refractivity contribution is 0.296. The Labute approximate surface area is 240 Å². The van der Waals surface area contributed by atoms with Gasteiger partial charge in [-0.1, -0.05) is 0 Å². The molecule has 4 aromatic heterocycles. The van der Waals surface area contributed by atoms with Crippen molar-refractivity contribution in [3.8, 4) is 22.9 Å². The number of hydrogen-bond donors (Lipinski definition) is 2. The molecule has 5 aromatic rings. The van der Waals surface area contributed by atoms with Gasteiger partial charge in [-0.15, -0.1) is 11.6 Å². The Hall–Kier alpha value is -4.95. The fraction of sp³-hybridized carbons (Fsp3) is 0.125. The Morgan fingerprint density at radius 2 is 1.41 bits per heavy atom. The van der Waals surface area contributed by atoms with Crippen molar-refractivity contribution in [1.82, 2.24) is 29.9 Å². The number of rotatable bonds is 5. The van der Waals surface area contributed by atoms with Crippen molar-refractivity contribution < 1.29 is 9.47 Å². The summed E-state index contributed by atoms with van der Waals surface area (Å²) in [6.45, 7) is 2.18. The number of nitrogens with one attached hydrogen (secondary N) is 2. The Morgan fingerprint density at radius 3 is 2.07 bits per heavy atom. The molecule has 8 bridgehead atoms. The van der Waals surface area contributed by atoms with Gasteiger partial charge in [0.1, 0.15) is 12.4 Å². The van der Waals surface area contributed by atoms with Gasteiger partial charge in [0, 0.05) is 50.8 Å². The molecule has 1 unspecified atom stereocenters. The van der Waals surface area contributed by atoms with Crippen LogP contribution in [-0.4, -0.2) is 49.0 Å². The first-order valence-electron chi connectivity index (χ1n) is 13.2. The summed E-state index contributed by atoms with van der Waals surface area (Å²) in [6, 6.07) is 18.5. The summed E-state index contributed by atoms with van der Waals surface area (Å²) in [6.07, 6.45) is 9.78. The van der Waals surface area contributed by atoms with Gasteiger partial charge in [-0.25, -0.2) is 15.0 Å². The second-order valence-corrected chi connectivity index (χ2v) is 10.7. The largest absolute Gasteiger partial charge is 0.496 e. The smallest absolute Gasteiger partial charge is 0.316 e. The van der Waals surface area contributed by atoms with Crippen molar-refractivity contribution >= 4 is 68.9 Å². The third kappa shape index (κ3) is 5.17. The molecule has 6 heterocycles. The van der Waals surface area contributed by atoms with Crippen LogP contribution < -0.4 is 9.47 Å². The summed E-state index contributed by atoms with van der Waals surface area (Å²) in [4.78, 5) is 25.5.